The molecule has 1 fully saturated rings. The normalized spacial score (nSPS) is 33.2. The van der Waals surface area contributed by atoms with Crippen molar-refractivity contribution in [3.8, 4) is 0 Å². The largest absolute Gasteiger partial charge is 0.354 e. The zero-order valence-electron chi connectivity index (χ0n) is 12.1. The summed E-state index contributed by atoms with van der Waals surface area (Å²) in [4.78, 5) is 2.55. The van der Waals surface area contributed by atoms with E-state index in [1.54, 1.807) is 0 Å². The van der Waals surface area contributed by atoms with Gasteiger partial charge in [0.15, 0.2) is 0 Å². The maximum atomic E-state index is 2.55. The SMILES string of the molecule is CCC1C(c2cccn2C)[C@@H](C)N(C)C1(C)C. The van der Waals surface area contributed by atoms with Crippen molar-refractivity contribution in [2.75, 3.05) is 7.05 Å². The van der Waals surface area contributed by atoms with E-state index in [4.69, 9.17) is 0 Å². The molecule has 0 amide bonds. The Morgan fingerprint density at radius 2 is 1.94 bits per heavy atom. The molecule has 0 spiro atoms. The summed E-state index contributed by atoms with van der Waals surface area (Å²) in [6.07, 6.45) is 3.41. The smallest absolute Gasteiger partial charge is 0.0221 e. The lowest BCUT2D eigenvalue weighted by molar-refractivity contribution is 0.145. The molecule has 1 aliphatic rings. The van der Waals surface area contributed by atoms with E-state index in [1.165, 1.54) is 12.1 Å². The van der Waals surface area contributed by atoms with Crippen molar-refractivity contribution in [2.24, 2.45) is 13.0 Å². The minimum atomic E-state index is 0.295. The second kappa shape index (κ2) is 4.16. The van der Waals surface area contributed by atoms with Crippen LogP contribution in [0.25, 0.3) is 0 Å². The van der Waals surface area contributed by atoms with Crippen LogP contribution in [0.15, 0.2) is 18.3 Å². The van der Waals surface area contributed by atoms with Crippen LogP contribution in [0.5, 0.6) is 0 Å². The fourth-order valence-corrected chi connectivity index (χ4v) is 3.83. The molecule has 0 saturated carbocycles. The molecule has 96 valence electrons. The molecular weight excluding hydrogens is 208 g/mol. The fraction of sp³-hybridized carbons (Fsp3) is 0.733. The van der Waals surface area contributed by atoms with Gasteiger partial charge < -0.3 is 4.57 Å². The average Bonchev–Trinajstić information content (AvgIpc) is 2.75. The first-order chi connectivity index (χ1) is 7.91. The van der Waals surface area contributed by atoms with Crippen molar-refractivity contribution < 1.29 is 0 Å². The third kappa shape index (κ3) is 1.74. The number of likely N-dealkylation sites (tertiary alicyclic amines) is 1. The maximum Gasteiger partial charge on any atom is 0.0221 e. The Morgan fingerprint density at radius 3 is 2.41 bits per heavy atom. The van der Waals surface area contributed by atoms with Crippen LogP contribution in [0.3, 0.4) is 0 Å². The molecule has 1 saturated heterocycles. The first kappa shape index (κ1) is 12.7. The van der Waals surface area contributed by atoms with Crippen LogP contribution in [0.2, 0.25) is 0 Å². The fourth-order valence-electron chi connectivity index (χ4n) is 3.83. The molecule has 1 aromatic rings. The molecule has 0 N–H and O–H groups in total. The molecule has 0 bridgehead atoms. The van der Waals surface area contributed by atoms with Gasteiger partial charge in [0.25, 0.3) is 0 Å². The maximum absolute atomic E-state index is 2.55. The third-order valence-electron chi connectivity index (χ3n) is 5.15. The number of likely N-dealkylation sites (N-methyl/N-ethyl adjacent to an activating group) is 1. The molecule has 0 radical (unpaired) electrons. The van der Waals surface area contributed by atoms with E-state index in [9.17, 15) is 0 Å². The van der Waals surface area contributed by atoms with Gasteiger partial charge in [0, 0.05) is 36.4 Å². The van der Waals surface area contributed by atoms with Gasteiger partial charge in [-0.05, 0) is 45.9 Å². The van der Waals surface area contributed by atoms with Crippen molar-refractivity contribution in [3.05, 3.63) is 24.0 Å². The van der Waals surface area contributed by atoms with Crippen molar-refractivity contribution in [3.63, 3.8) is 0 Å². The van der Waals surface area contributed by atoms with Crippen LogP contribution in [-0.4, -0.2) is 28.1 Å². The molecule has 1 aliphatic heterocycles. The second-order valence-corrected chi connectivity index (χ2v) is 6.09. The lowest BCUT2D eigenvalue weighted by Gasteiger charge is -2.34. The minimum Gasteiger partial charge on any atom is -0.354 e. The minimum absolute atomic E-state index is 0.295. The molecule has 17 heavy (non-hydrogen) atoms. The van der Waals surface area contributed by atoms with Crippen molar-refractivity contribution in [1.29, 1.82) is 0 Å². The van der Waals surface area contributed by atoms with Gasteiger partial charge >= 0.3 is 0 Å². The molecule has 2 heterocycles. The predicted octanol–water partition coefficient (Wildman–Crippen LogP) is 3.25. The van der Waals surface area contributed by atoms with Crippen molar-refractivity contribution in [1.82, 2.24) is 9.47 Å². The summed E-state index contributed by atoms with van der Waals surface area (Å²) in [5, 5.41) is 0. The Hall–Kier alpha value is -0.760. The van der Waals surface area contributed by atoms with E-state index in [1.807, 2.05) is 0 Å². The first-order valence-electron chi connectivity index (χ1n) is 6.75. The van der Waals surface area contributed by atoms with Crippen molar-refractivity contribution >= 4 is 0 Å². The van der Waals surface area contributed by atoms with E-state index < -0.39 is 0 Å². The van der Waals surface area contributed by atoms with Crippen LogP contribution >= 0.6 is 0 Å². The van der Waals surface area contributed by atoms with E-state index in [0.29, 0.717) is 17.5 Å². The van der Waals surface area contributed by atoms with Crippen molar-refractivity contribution in [2.45, 2.75) is 51.6 Å². The molecule has 2 unspecified atom stereocenters. The lowest BCUT2D eigenvalue weighted by Crippen LogP contribution is -2.41. The number of aryl methyl sites for hydroxylation is 1. The van der Waals surface area contributed by atoms with E-state index in [0.717, 1.165) is 5.92 Å². The van der Waals surface area contributed by atoms with E-state index in [-0.39, 0.29) is 0 Å². The highest BCUT2D eigenvalue weighted by Gasteiger charge is 2.50. The highest BCUT2D eigenvalue weighted by atomic mass is 15.2. The highest BCUT2D eigenvalue weighted by Crippen LogP contribution is 2.48. The summed E-state index contributed by atoms with van der Waals surface area (Å²) in [7, 11) is 4.44. The van der Waals surface area contributed by atoms with Gasteiger partial charge in [-0.3, -0.25) is 4.90 Å². The summed E-state index contributed by atoms with van der Waals surface area (Å²) in [5.41, 5.74) is 1.78. The average molecular weight is 234 g/mol. The summed E-state index contributed by atoms with van der Waals surface area (Å²) in [6.45, 7) is 9.48. The molecule has 3 atom stereocenters. The Bertz CT molecular complexity index is 391. The van der Waals surface area contributed by atoms with Gasteiger partial charge in [-0.1, -0.05) is 13.3 Å². The quantitative estimate of drug-likeness (QED) is 0.762. The molecule has 2 nitrogen and oxygen atoms in total. The zero-order chi connectivity index (χ0) is 12.8. The van der Waals surface area contributed by atoms with Gasteiger partial charge in [0.2, 0.25) is 0 Å². The summed E-state index contributed by atoms with van der Waals surface area (Å²) in [6, 6.07) is 5.07. The number of hydrogen-bond acceptors (Lipinski definition) is 1. The van der Waals surface area contributed by atoms with Crippen LogP contribution in [-0.2, 0) is 7.05 Å². The Labute approximate surface area is 106 Å². The van der Waals surface area contributed by atoms with Crippen LogP contribution in [0.4, 0.5) is 0 Å². The highest BCUT2D eigenvalue weighted by molar-refractivity contribution is 5.22. The second-order valence-electron chi connectivity index (χ2n) is 6.09. The Kier molecular flexibility index (Phi) is 3.11. The van der Waals surface area contributed by atoms with Crippen LogP contribution < -0.4 is 0 Å². The van der Waals surface area contributed by atoms with Crippen LogP contribution in [0, 0.1) is 5.92 Å². The summed E-state index contributed by atoms with van der Waals surface area (Å²) in [5.74, 6) is 1.39. The number of nitrogens with zero attached hydrogens (tertiary/aromatic N) is 2. The number of aromatic nitrogens is 1. The monoisotopic (exact) mass is 234 g/mol. The molecule has 0 aromatic carbocycles. The lowest BCUT2D eigenvalue weighted by atomic mass is 9.77. The summed E-state index contributed by atoms with van der Waals surface area (Å²) < 4.78 is 2.29. The summed E-state index contributed by atoms with van der Waals surface area (Å²) >= 11 is 0. The predicted molar refractivity (Wildman–Crippen MR) is 73.2 cm³/mol. The molecular formula is C15H26N2. The van der Waals surface area contributed by atoms with Gasteiger partial charge in [-0.25, -0.2) is 0 Å². The first-order valence-corrected chi connectivity index (χ1v) is 6.75. The number of rotatable bonds is 2. The zero-order valence-corrected chi connectivity index (χ0v) is 12.1. The van der Waals surface area contributed by atoms with Gasteiger partial charge in [0.05, 0.1) is 0 Å². The number of hydrogen-bond donors (Lipinski definition) is 0. The van der Waals surface area contributed by atoms with Gasteiger partial charge in [-0.2, -0.15) is 0 Å². The molecule has 0 aliphatic carbocycles. The third-order valence-corrected chi connectivity index (χ3v) is 5.15. The Morgan fingerprint density at radius 1 is 1.29 bits per heavy atom. The van der Waals surface area contributed by atoms with Gasteiger partial charge in [-0.15, -0.1) is 0 Å². The van der Waals surface area contributed by atoms with E-state index in [2.05, 4.69) is 69.6 Å². The molecule has 2 rings (SSSR count). The Balaban J connectivity index is 2.43. The van der Waals surface area contributed by atoms with E-state index >= 15 is 0 Å². The molecule has 1 aromatic heterocycles. The van der Waals surface area contributed by atoms with Gasteiger partial charge in [0.1, 0.15) is 0 Å². The standard InChI is InChI=1S/C15H26N2/c1-7-12-14(13-9-8-10-16(13)5)11(2)17(6)15(12,3)4/h8-12,14H,7H2,1-6H3/t11-,12?,14?/m1/s1. The topological polar surface area (TPSA) is 8.17 Å². The van der Waals surface area contributed by atoms with Crippen LogP contribution in [0.1, 0.15) is 45.7 Å². The molecule has 2 heteroatoms.